The predicted octanol–water partition coefficient (Wildman–Crippen LogP) is 2.22. The Balaban J connectivity index is 1.63. The maximum absolute atomic E-state index is 12.5. The van der Waals surface area contributed by atoms with Crippen LogP contribution < -0.4 is 0 Å². The number of piperidine rings is 1. The fourth-order valence-electron chi connectivity index (χ4n) is 2.81. The quantitative estimate of drug-likeness (QED) is 0.868. The number of amides is 1. The van der Waals surface area contributed by atoms with Crippen LogP contribution in [0.15, 0.2) is 24.3 Å². The largest absolute Gasteiger partial charge is 0.479 e. The van der Waals surface area contributed by atoms with E-state index >= 15 is 0 Å². The van der Waals surface area contributed by atoms with Gasteiger partial charge in [-0.3, -0.25) is 4.79 Å². The maximum atomic E-state index is 12.5. The Kier molecular flexibility index (Phi) is 4.89. The van der Waals surface area contributed by atoms with Crippen LogP contribution in [0.3, 0.4) is 0 Å². The minimum Gasteiger partial charge on any atom is -0.479 e. The first-order valence-electron chi connectivity index (χ1n) is 7.58. The molecule has 2 aliphatic heterocycles. The van der Waals surface area contributed by atoms with E-state index in [9.17, 15) is 14.7 Å². The molecule has 124 valence electrons. The summed E-state index contributed by atoms with van der Waals surface area (Å²) < 4.78 is 0.458. The van der Waals surface area contributed by atoms with E-state index in [1.54, 1.807) is 4.90 Å². The summed E-state index contributed by atoms with van der Waals surface area (Å²) in [6, 6.07) is 7.69. The van der Waals surface area contributed by atoms with Gasteiger partial charge in [-0.25, -0.2) is 4.79 Å². The highest BCUT2D eigenvalue weighted by molar-refractivity contribution is 8.19. The number of hydrogen-bond donors (Lipinski definition) is 2. The summed E-state index contributed by atoms with van der Waals surface area (Å²) >= 11 is 3.85. The summed E-state index contributed by atoms with van der Waals surface area (Å²) in [5.74, 6) is 1.02. The first kappa shape index (κ1) is 16.7. The molecule has 3 rings (SSSR count). The van der Waals surface area contributed by atoms with Gasteiger partial charge < -0.3 is 15.1 Å². The summed E-state index contributed by atoms with van der Waals surface area (Å²) in [4.78, 5) is 25.1. The van der Waals surface area contributed by atoms with E-state index < -0.39 is 11.6 Å². The molecule has 1 aromatic rings. The highest BCUT2D eigenvalue weighted by Gasteiger charge is 2.40. The monoisotopic (exact) mass is 353 g/mol. The van der Waals surface area contributed by atoms with Crippen molar-refractivity contribution in [2.45, 2.75) is 23.0 Å². The van der Waals surface area contributed by atoms with Crippen molar-refractivity contribution in [2.75, 3.05) is 24.6 Å². The lowest BCUT2D eigenvalue weighted by molar-refractivity contribution is -0.162. The molecule has 5 nitrogen and oxygen atoms in total. The van der Waals surface area contributed by atoms with Gasteiger partial charge in [-0.1, -0.05) is 12.1 Å². The van der Waals surface area contributed by atoms with Crippen LogP contribution in [0.1, 0.15) is 33.3 Å². The maximum Gasteiger partial charge on any atom is 0.335 e. The third-order valence-electron chi connectivity index (χ3n) is 4.33. The van der Waals surface area contributed by atoms with E-state index in [1.807, 2.05) is 47.8 Å². The first-order chi connectivity index (χ1) is 11.0. The number of likely N-dealkylation sites (tertiary alicyclic amines) is 1. The number of aliphatic carboxylic acids is 1. The third-order valence-corrected chi connectivity index (χ3v) is 7.43. The van der Waals surface area contributed by atoms with Crippen molar-refractivity contribution in [3.63, 3.8) is 0 Å². The van der Waals surface area contributed by atoms with Gasteiger partial charge in [-0.2, -0.15) is 0 Å². The molecular formula is C16H19NO4S2. The highest BCUT2D eigenvalue weighted by atomic mass is 32.2. The van der Waals surface area contributed by atoms with Gasteiger partial charge in [0.2, 0.25) is 0 Å². The van der Waals surface area contributed by atoms with Gasteiger partial charge in [0, 0.05) is 43.0 Å². The third kappa shape index (κ3) is 3.51. The molecular weight excluding hydrogens is 334 g/mol. The van der Waals surface area contributed by atoms with Gasteiger partial charge in [-0.15, -0.1) is 23.5 Å². The average molecular weight is 353 g/mol. The van der Waals surface area contributed by atoms with Gasteiger partial charge >= 0.3 is 5.97 Å². The molecule has 2 heterocycles. The number of carboxylic acid groups (broad SMARTS) is 1. The number of aliphatic hydroxyl groups is 1. The molecule has 1 aromatic carbocycles. The van der Waals surface area contributed by atoms with Crippen molar-refractivity contribution in [3.8, 4) is 0 Å². The Hall–Kier alpha value is -1.18. The lowest BCUT2D eigenvalue weighted by Gasteiger charge is -2.35. The van der Waals surface area contributed by atoms with Gasteiger partial charge in [0.1, 0.15) is 0 Å². The smallest absolute Gasteiger partial charge is 0.335 e. The van der Waals surface area contributed by atoms with E-state index in [-0.39, 0.29) is 31.8 Å². The lowest BCUT2D eigenvalue weighted by atomic mass is 9.91. The molecule has 2 aliphatic rings. The number of carbonyl (C=O) groups excluding carboxylic acids is 1. The zero-order chi connectivity index (χ0) is 16.4. The van der Waals surface area contributed by atoms with Crippen molar-refractivity contribution in [1.29, 1.82) is 0 Å². The molecule has 0 bridgehead atoms. The van der Waals surface area contributed by atoms with Crippen LogP contribution in [0.2, 0.25) is 0 Å². The van der Waals surface area contributed by atoms with E-state index in [4.69, 9.17) is 5.11 Å². The first-order valence-corrected chi connectivity index (χ1v) is 9.67. The topological polar surface area (TPSA) is 77.8 Å². The molecule has 0 saturated carbocycles. The second-order valence-electron chi connectivity index (χ2n) is 5.82. The average Bonchev–Trinajstić information content (AvgIpc) is 3.09. The molecule has 7 heteroatoms. The second-order valence-corrected chi connectivity index (χ2v) is 8.55. The minimum atomic E-state index is -1.70. The molecule has 2 saturated heterocycles. The molecule has 0 spiro atoms. The number of carboxylic acids is 1. The van der Waals surface area contributed by atoms with Crippen LogP contribution in [0.4, 0.5) is 0 Å². The summed E-state index contributed by atoms with van der Waals surface area (Å²) in [5.41, 5.74) is 0.146. The van der Waals surface area contributed by atoms with Crippen LogP contribution in [0, 0.1) is 0 Å². The van der Waals surface area contributed by atoms with Crippen LogP contribution in [-0.2, 0) is 4.79 Å². The van der Waals surface area contributed by atoms with Crippen molar-refractivity contribution in [1.82, 2.24) is 4.90 Å². The lowest BCUT2D eigenvalue weighted by Crippen LogP contribution is -2.50. The molecule has 23 heavy (non-hydrogen) atoms. The molecule has 0 unspecified atom stereocenters. The number of carbonyl (C=O) groups is 2. The van der Waals surface area contributed by atoms with Crippen LogP contribution >= 0.6 is 23.5 Å². The Labute approximate surface area is 143 Å². The molecule has 2 fully saturated rings. The summed E-state index contributed by atoms with van der Waals surface area (Å²) in [6.45, 7) is 0.523. The number of rotatable bonds is 3. The van der Waals surface area contributed by atoms with Crippen LogP contribution in [-0.4, -0.2) is 57.2 Å². The zero-order valence-corrected chi connectivity index (χ0v) is 14.2. The Bertz CT molecular complexity index is 591. The number of nitrogens with zero attached hydrogens (tertiary/aromatic N) is 1. The minimum absolute atomic E-state index is 0.0709. The normalized spacial score (nSPS) is 21.3. The van der Waals surface area contributed by atoms with E-state index in [0.29, 0.717) is 10.1 Å². The van der Waals surface area contributed by atoms with Gasteiger partial charge in [0.05, 0.1) is 4.58 Å². The summed E-state index contributed by atoms with van der Waals surface area (Å²) in [6.07, 6.45) is 0.142. The molecule has 2 N–H and O–H groups in total. The number of benzene rings is 1. The SMILES string of the molecule is O=C(c1ccc(C2SCCS2)cc1)N1CCC(O)(C(=O)O)CC1. The number of hydrogen-bond acceptors (Lipinski definition) is 5. The Morgan fingerprint density at radius 1 is 1.09 bits per heavy atom. The van der Waals surface area contributed by atoms with E-state index in [0.717, 1.165) is 11.5 Å². The van der Waals surface area contributed by atoms with Crippen molar-refractivity contribution >= 4 is 35.4 Å². The predicted molar refractivity (Wildman–Crippen MR) is 91.8 cm³/mol. The van der Waals surface area contributed by atoms with E-state index in [1.165, 1.54) is 5.56 Å². The van der Waals surface area contributed by atoms with Crippen LogP contribution in [0.25, 0.3) is 0 Å². The Morgan fingerprint density at radius 2 is 1.65 bits per heavy atom. The Morgan fingerprint density at radius 3 is 2.17 bits per heavy atom. The van der Waals surface area contributed by atoms with Crippen LogP contribution in [0.5, 0.6) is 0 Å². The van der Waals surface area contributed by atoms with Crippen molar-refractivity contribution in [2.24, 2.45) is 0 Å². The van der Waals surface area contributed by atoms with Gasteiger partial charge in [0.25, 0.3) is 5.91 Å². The van der Waals surface area contributed by atoms with Crippen molar-refractivity contribution in [3.05, 3.63) is 35.4 Å². The van der Waals surface area contributed by atoms with Gasteiger partial charge in [0.15, 0.2) is 5.60 Å². The fourth-order valence-corrected chi connectivity index (χ4v) is 5.67. The molecule has 0 radical (unpaired) electrons. The molecule has 1 amide bonds. The molecule has 0 aliphatic carbocycles. The second kappa shape index (κ2) is 6.75. The summed E-state index contributed by atoms with van der Waals surface area (Å²) in [5, 5.41) is 19.0. The summed E-state index contributed by atoms with van der Waals surface area (Å²) in [7, 11) is 0. The highest BCUT2D eigenvalue weighted by Crippen LogP contribution is 2.45. The molecule has 0 aromatic heterocycles. The fraction of sp³-hybridized carbons (Fsp3) is 0.500. The van der Waals surface area contributed by atoms with E-state index in [2.05, 4.69) is 0 Å². The van der Waals surface area contributed by atoms with Gasteiger partial charge in [-0.05, 0) is 17.7 Å². The standard InChI is InChI=1S/C16H19NO4S2/c18-13(17-7-5-16(21,6-8-17)15(19)20)11-1-3-12(4-2-11)14-22-9-10-23-14/h1-4,14,21H,5-10H2,(H,19,20). The zero-order valence-electron chi connectivity index (χ0n) is 12.6. The van der Waals surface area contributed by atoms with Crippen molar-refractivity contribution < 1.29 is 19.8 Å². The molecule has 0 atom stereocenters. The number of thioether (sulfide) groups is 2.